The second-order valence-electron chi connectivity index (χ2n) is 3.41. The molecule has 1 aliphatic rings. The predicted molar refractivity (Wildman–Crippen MR) is 61.0 cm³/mol. The van der Waals surface area contributed by atoms with Crippen LogP contribution < -0.4 is 0 Å². The van der Waals surface area contributed by atoms with Gasteiger partial charge in [0.25, 0.3) is 5.91 Å². The van der Waals surface area contributed by atoms with Gasteiger partial charge in [-0.05, 0) is 11.6 Å². The number of nitrogens with zero attached hydrogens (tertiary/aromatic N) is 1. The zero-order valence-corrected chi connectivity index (χ0v) is 10.0. The number of rotatable bonds is 3. The highest BCUT2D eigenvalue weighted by atomic mass is 79.9. The van der Waals surface area contributed by atoms with Crippen molar-refractivity contribution >= 4 is 21.8 Å². The molecule has 0 N–H and O–H groups in total. The number of hydrogen-bond acceptors (Lipinski definition) is 2. The molecule has 4 heteroatoms. The van der Waals surface area contributed by atoms with Crippen molar-refractivity contribution in [2.45, 2.75) is 4.95 Å². The van der Waals surface area contributed by atoms with Gasteiger partial charge in [-0.3, -0.25) is 4.79 Å². The highest BCUT2D eigenvalue weighted by molar-refractivity contribution is 9.09. The number of carbonyl (C=O) groups excluding carboxylic acids is 1. The summed E-state index contributed by atoms with van der Waals surface area (Å²) in [4.78, 5) is 13.7. The number of fused-ring (bicyclic) bond motifs is 1. The molecule has 2 rings (SSSR count). The minimum atomic E-state index is -0.0173. The molecule has 1 atom stereocenters. The molecule has 15 heavy (non-hydrogen) atoms. The molecule has 0 spiro atoms. The third-order valence-electron chi connectivity index (χ3n) is 2.52. The Labute approximate surface area is 97.2 Å². The summed E-state index contributed by atoms with van der Waals surface area (Å²) in [6.45, 7) is 1.17. The van der Waals surface area contributed by atoms with Crippen molar-refractivity contribution in [3.05, 3.63) is 35.4 Å². The molecule has 1 aliphatic heterocycles. The van der Waals surface area contributed by atoms with Gasteiger partial charge < -0.3 is 9.64 Å². The van der Waals surface area contributed by atoms with E-state index in [2.05, 4.69) is 15.9 Å². The maximum absolute atomic E-state index is 12.0. The van der Waals surface area contributed by atoms with E-state index in [0.717, 1.165) is 11.1 Å². The summed E-state index contributed by atoms with van der Waals surface area (Å²) in [6, 6.07) is 7.66. The van der Waals surface area contributed by atoms with Gasteiger partial charge in [0, 0.05) is 19.2 Å². The van der Waals surface area contributed by atoms with Crippen molar-refractivity contribution in [1.29, 1.82) is 0 Å². The molecule has 0 radical (unpaired) electrons. The lowest BCUT2D eigenvalue weighted by atomic mass is 10.1. The van der Waals surface area contributed by atoms with E-state index in [0.29, 0.717) is 13.2 Å². The van der Waals surface area contributed by atoms with Crippen molar-refractivity contribution < 1.29 is 9.53 Å². The fourth-order valence-electron chi connectivity index (χ4n) is 1.73. The Hall–Kier alpha value is -0.870. The Morgan fingerprint density at radius 3 is 2.87 bits per heavy atom. The van der Waals surface area contributed by atoms with Gasteiger partial charge in [0.05, 0.1) is 6.61 Å². The second kappa shape index (κ2) is 4.33. The van der Waals surface area contributed by atoms with Gasteiger partial charge >= 0.3 is 0 Å². The Kier molecular flexibility index (Phi) is 3.07. The quantitative estimate of drug-likeness (QED) is 0.622. The number of benzene rings is 1. The first-order valence-electron chi connectivity index (χ1n) is 4.78. The molecule has 0 bridgehead atoms. The molecular weight excluding hydrogens is 258 g/mol. The molecule has 1 heterocycles. The number of hydrogen-bond donors (Lipinski definition) is 0. The van der Waals surface area contributed by atoms with E-state index >= 15 is 0 Å². The summed E-state index contributed by atoms with van der Waals surface area (Å²) in [5, 5.41) is 0. The van der Waals surface area contributed by atoms with Crippen LogP contribution in [0.1, 0.15) is 20.9 Å². The molecule has 0 saturated heterocycles. The summed E-state index contributed by atoms with van der Waals surface area (Å²) >= 11 is 3.52. The first-order chi connectivity index (χ1) is 7.25. The van der Waals surface area contributed by atoms with Crippen molar-refractivity contribution in [3.8, 4) is 0 Å². The SMILES string of the molecule is COCCN1C(=O)c2ccccc2C1Br. The van der Waals surface area contributed by atoms with E-state index in [1.807, 2.05) is 24.3 Å². The minimum Gasteiger partial charge on any atom is -0.383 e. The molecule has 0 aliphatic carbocycles. The zero-order valence-electron chi connectivity index (χ0n) is 8.44. The van der Waals surface area contributed by atoms with Gasteiger partial charge in [0.2, 0.25) is 0 Å². The first kappa shape index (κ1) is 10.6. The molecule has 1 unspecified atom stereocenters. The lowest BCUT2D eigenvalue weighted by Gasteiger charge is -2.19. The molecule has 3 nitrogen and oxygen atoms in total. The van der Waals surface area contributed by atoms with Gasteiger partial charge in [-0.15, -0.1) is 0 Å². The number of ether oxygens (including phenoxy) is 1. The number of alkyl halides is 1. The Bertz CT molecular complexity index is 381. The van der Waals surface area contributed by atoms with Crippen LogP contribution in [0.5, 0.6) is 0 Å². The van der Waals surface area contributed by atoms with Crippen LogP contribution in [0.4, 0.5) is 0 Å². The van der Waals surface area contributed by atoms with E-state index in [9.17, 15) is 4.79 Å². The van der Waals surface area contributed by atoms with Crippen LogP contribution in [-0.4, -0.2) is 31.1 Å². The highest BCUT2D eigenvalue weighted by Gasteiger charge is 2.33. The van der Waals surface area contributed by atoms with Crippen LogP contribution in [0.3, 0.4) is 0 Å². The Morgan fingerprint density at radius 2 is 2.20 bits per heavy atom. The number of halogens is 1. The van der Waals surface area contributed by atoms with Gasteiger partial charge in [-0.1, -0.05) is 34.1 Å². The molecule has 1 aromatic rings. The third kappa shape index (κ3) is 1.79. The van der Waals surface area contributed by atoms with Crippen LogP contribution in [0, 0.1) is 0 Å². The minimum absolute atomic E-state index is 0.0173. The van der Waals surface area contributed by atoms with Gasteiger partial charge in [0.15, 0.2) is 0 Å². The zero-order chi connectivity index (χ0) is 10.8. The fourth-order valence-corrected chi connectivity index (χ4v) is 2.52. The number of amides is 1. The smallest absolute Gasteiger partial charge is 0.255 e. The maximum atomic E-state index is 12.0. The lowest BCUT2D eigenvalue weighted by molar-refractivity contribution is 0.0717. The normalized spacial score (nSPS) is 19.5. The summed E-state index contributed by atoms with van der Waals surface area (Å²) in [5.74, 6) is 0.0736. The Balaban J connectivity index is 2.25. The van der Waals surface area contributed by atoms with Crippen molar-refractivity contribution in [1.82, 2.24) is 4.90 Å². The average Bonchev–Trinajstić information content (AvgIpc) is 2.51. The van der Waals surface area contributed by atoms with Crippen LogP contribution in [0.2, 0.25) is 0 Å². The molecule has 1 amide bonds. The first-order valence-corrected chi connectivity index (χ1v) is 5.70. The largest absolute Gasteiger partial charge is 0.383 e. The fraction of sp³-hybridized carbons (Fsp3) is 0.364. The molecular formula is C11H12BrNO2. The summed E-state index contributed by atoms with van der Waals surface area (Å²) in [5.41, 5.74) is 1.83. The molecule has 0 fully saturated rings. The maximum Gasteiger partial charge on any atom is 0.255 e. The van der Waals surface area contributed by atoms with E-state index in [1.54, 1.807) is 12.0 Å². The van der Waals surface area contributed by atoms with E-state index < -0.39 is 0 Å². The van der Waals surface area contributed by atoms with Crippen molar-refractivity contribution in [2.24, 2.45) is 0 Å². The molecule has 0 aromatic heterocycles. The van der Waals surface area contributed by atoms with E-state index in [4.69, 9.17) is 4.74 Å². The van der Waals surface area contributed by atoms with Crippen LogP contribution in [0.15, 0.2) is 24.3 Å². The predicted octanol–water partition coefficient (Wildman–Crippen LogP) is 2.18. The molecule has 0 saturated carbocycles. The van der Waals surface area contributed by atoms with Crippen molar-refractivity contribution in [3.63, 3.8) is 0 Å². The average molecular weight is 270 g/mol. The van der Waals surface area contributed by atoms with Crippen LogP contribution >= 0.6 is 15.9 Å². The van der Waals surface area contributed by atoms with E-state index in [-0.39, 0.29) is 10.9 Å². The molecule has 1 aromatic carbocycles. The summed E-state index contributed by atoms with van der Waals surface area (Å²) in [6.07, 6.45) is 0. The van der Waals surface area contributed by atoms with E-state index in [1.165, 1.54) is 0 Å². The number of carbonyl (C=O) groups is 1. The van der Waals surface area contributed by atoms with Gasteiger partial charge in [0.1, 0.15) is 4.95 Å². The topological polar surface area (TPSA) is 29.5 Å². The lowest BCUT2D eigenvalue weighted by Crippen LogP contribution is -2.28. The van der Waals surface area contributed by atoms with Gasteiger partial charge in [-0.25, -0.2) is 0 Å². The summed E-state index contributed by atoms with van der Waals surface area (Å²) in [7, 11) is 1.64. The van der Waals surface area contributed by atoms with Crippen LogP contribution in [-0.2, 0) is 4.74 Å². The highest BCUT2D eigenvalue weighted by Crippen LogP contribution is 2.37. The number of methoxy groups -OCH3 is 1. The van der Waals surface area contributed by atoms with Crippen LogP contribution in [0.25, 0.3) is 0 Å². The summed E-state index contributed by atoms with van der Waals surface area (Å²) < 4.78 is 4.98. The Morgan fingerprint density at radius 1 is 1.47 bits per heavy atom. The monoisotopic (exact) mass is 269 g/mol. The standard InChI is InChI=1S/C11H12BrNO2/c1-15-7-6-13-10(12)8-4-2-3-5-9(8)11(13)14/h2-5,10H,6-7H2,1H3. The third-order valence-corrected chi connectivity index (χ3v) is 3.51. The molecule has 80 valence electrons. The van der Waals surface area contributed by atoms with Gasteiger partial charge in [-0.2, -0.15) is 0 Å². The second-order valence-corrected chi connectivity index (χ2v) is 4.28. The van der Waals surface area contributed by atoms with Crippen molar-refractivity contribution in [2.75, 3.05) is 20.3 Å².